The topological polar surface area (TPSA) is 71.4 Å². The molecule has 1 aromatic rings. The first-order valence-electron chi connectivity index (χ1n) is 4.90. The zero-order valence-electron chi connectivity index (χ0n) is 9.14. The monoisotopic (exact) mass is 254 g/mol. The Balaban J connectivity index is 3.32. The van der Waals surface area contributed by atoms with Gasteiger partial charge in [0.05, 0.1) is 6.42 Å². The second-order valence-electron chi connectivity index (χ2n) is 3.58. The lowest BCUT2D eigenvalue weighted by atomic mass is 9.95. The lowest BCUT2D eigenvalue weighted by Crippen LogP contribution is -2.11. The third-order valence-electron chi connectivity index (χ3n) is 2.33. The Kier molecular flexibility index (Phi) is 4.40. The van der Waals surface area contributed by atoms with Gasteiger partial charge < -0.3 is 5.11 Å². The average Bonchev–Trinajstić information content (AvgIpc) is 2.27. The maximum absolute atomic E-state index is 11.2. The fourth-order valence-electron chi connectivity index (χ4n) is 1.55. The van der Waals surface area contributed by atoms with Gasteiger partial charge in [0.2, 0.25) is 0 Å². The summed E-state index contributed by atoms with van der Waals surface area (Å²) in [4.78, 5) is 32.8. The van der Waals surface area contributed by atoms with Crippen LogP contribution >= 0.6 is 11.6 Å². The van der Waals surface area contributed by atoms with E-state index < -0.39 is 11.3 Å². The molecule has 0 heterocycles. The van der Waals surface area contributed by atoms with E-state index in [2.05, 4.69) is 0 Å². The molecule has 0 fully saturated rings. The van der Waals surface area contributed by atoms with Crippen molar-refractivity contribution >= 4 is 29.6 Å². The molecule has 1 aromatic carbocycles. The fraction of sp³-hybridized carbons (Fsp3) is 0.250. The molecular formula is C12H11ClO4. The van der Waals surface area contributed by atoms with Crippen molar-refractivity contribution < 1.29 is 19.5 Å². The van der Waals surface area contributed by atoms with Gasteiger partial charge in [0.25, 0.3) is 0 Å². The standard InChI is InChI=1S/C12H11ClO4/c1-7(15)12(13)9-4-2-3-8(6-14)10(9)5-11(16)17/h2-4,6,12H,5H2,1H3,(H,16,17). The summed E-state index contributed by atoms with van der Waals surface area (Å²) < 4.78 is 0. The van der Waals surface area contributed by atoms with Crippen molar-refractivity contribution in [3.63, 3.8) is 0 Å². The Morgan fingerprint density at radius 1 is 1.47 bits per heavy atom. The lowest BCUT2D eigenvalue weighted by molar-refractivity contribution is -0.136. The zero-order chi connectivity index (χ0) is 13.0. The highest BCUT2D eigenvalue weighted by molar-refractivity contribution is 6.31. The second-order valence-corrected chi connectivity index (χ2v) is 4.01. The molecule has 1 N–H and O–H groups in total. The van der Waals surface area contributed by atoms with Crippen molar-refractivity contribution in [1.82, 2.24) is 0 Å². The lowest BCUT2D eigenvalue weighted by Gasteiger charge is -2.13. The van der Waals surface area contributed by atoms with E-state index in [4.69, 9.17) is 16.7 Å². The average molecular weight is 255 g/mol. The molecular weight excluding hydrogens is 244 g/mol. The van der Waals surface area contributed by atoms with Gasteiger partial charge >= 0.3 is 5.97 Å². The molecule has 0 aliphatic rings. The summed E-state index contributed by atoms with van der Waals surface area (Å²) in [6.07, 6.45) is 0.228. The van der Waals surface area contributed by atoms with Crippen molar-refractivity contribution in [2.75, 3.05) is 0 Å². The minimum Gasteiger partial charge on any atom is -0.481 e. The van der Waals surface area contributed by atoms with Crippen LogP contribution in [0.25, 0.3) is 0 Å². The molecule has 5 heteroatoms. The number of benzene rings is 1. The second kappa shape index (κ2) is 5.59. The predicted octanol–water partition coefficient (Wildman–Crippen LogP) is 2.00. The van der Waals surface area contributed by atoms with Gasteiger partial charge in [-0.25, -0.2) is 0 Å². The van der Waals surface area contributed by atoms with Crippen LogP contribution in [0.4, 0.5) is 0 Å². The van der Waals surface area contributed by atoms with Crippen molar-refractivity contribution in [3.8, 4) is 0 Å². The number of ketones is 1. The van der Waals surface area contributed by atoms with E-state index in [1.165, 1.54) is 13.0 Å². The smallest absolute Gasteiger partial charge is 0.307 e. The van der Waals surface area contributed by atoms with Crippen LogP contribution in [0.3, 0.4) is 0 Å². The molecule has 0 radical (unpaired) electrons. The van der Waals surface area contributed by atoms with Gasteiger partial charge in [-0.1, -0.05) is 18.2 Å². The van der Waals surface area contributed by atoms with Gasteiger partial charge in [-0.3, -0.25) is 14.4 Å². The molecule has 0 bridgehead atoms. The van der Waals surface area contributed by atoms with E-state index in [0.717, 1.165) is 0 Å². The maximum atomic E-state index is 11.2. The minimum absolute atomic E-state index is 0.247. The highest BCUT2D eigenvalue weighted by atomic mass is 35.5. The first kappa shape index (κ1) is 13.4. The van der Waals surface area contributed by atoms with Crippen LogP contribution in [0.5, 0.6) is 0 Å². The van der Waals surface area contributed by atoms with Crippen LogP contribution in [-0.4, -0.2) is 23.1 Å². The van der Waals surface area contributed by atoms with Gasteiger partial charge in [0.1, 0.15) is 11.7 Å². The Hall–Kier alpha value is -1.68. The molecule has 1 atom stereocenters. The summed E-state index contributed by atoms with van der Waals surface area (Å²) in [6, 6.07) is 4.63. The highest BCUT2D eigenvalue weighted by Crippen LogP contribution is 2.27. The van der Waals surface area contributed by atoms with Crippen LogP contribution < -0.4 is 0 Å². The molecule has 0 saturated heterocycles. The maximum Gasteiger partial charge on any atom is 0.307 e. The summed E-state index contributed by atoms with van der Waals surface area (Å²) in [5, 5.41) is 7.86. The molecule has 0 saturated carbocycles. The van der Waals surface area contributed by atoms with E-state index in [-0.39, 0.29) is 17.8 Å². The number of aliphatic carboxylic acids is 1. The van der Waals surface area contributed by atoms with Crippen LogP contribution in [0.1, 0.15) is 33.8 Å². The SMILES string of the molecule is CC(=O)C(Cl)c1cccc(C=O)c1CC(=O)O. The van der Waals surface area contributed by atoms with Crippen LogP contribution in [0.2, 0.25) is 0 Å². The molecule has 90 valence electrons. The number of carbonyl (C=O) groups excluding carboxylic acids is 2. The molecule has 1 unspecified atom stereocenters. The number of alkyl halides is 1. The van der Waals surface area contributed by atoms with E-state index in [1.54, 1.807) is 12.1 Å². The summed E-state index contributed by atoms with van der Waals surface area (Å²) >= 11 is 5.90. The van der Waals surface area contributed by atoms with E-state index in [1.807, 2.05) is 0 Å². The van der Waals surface area contributed by atoms with Crippen molar-refractivity contribution in [2.24, 2.45) is 0 Å². The quantitative estimate of drug-likeness (QED) is 0.644. The molecule has 4 nitrogen and oxygen atoms in total. The normalized spacial score (nSPS) is 11.9. The van der Waals surface area contributed by atoms with Gasteiger partial charge in [-0.15, -0.1) is 11.6 Å². The molecule has 0 aliphatic heterocycles. The van der Waals surface area contributed by atoms with Crippen molar-refractivity contribution in [3.05, 3.63) is 34.9 Å². The molecule has 0 spiro atoms. The first-order chi connectivity index (χ1) is 7.97. The van der Waals surface area contributed by atoms with Crippen LogP contribution in [-0.2, 0) is 16.0 Å². The molecule has 0 amide bonds. The first-order valence-corrected chi connectivity index (χ1v) is 5.34. The number of hydrogen-bond donors (Lipinski definition) is 1. The van der Waals surface area contributed by atoms with Crippen molar-refractivity contribution in [2.45, 2.75) is 18.7 Å². The summed E-state index contributed by atoms with van der Waals surface area (Å²) in [5.74, 6) is -1.37. The Morgan fingerprint density at radius 2 is 2.12 bits per heavy atom. The van der Waals surface area contributed by atoms with Gasteiger partial charge in [0, 0.05) is 5.56 Å². The summed E-state index contributed by atoms with van der Waals surface area (Å²) in [7, 11) is 0. The minimum atomic E-state index is -1.08. The Bertz CT molecular complexity index is 468. The predicted molar refractivity (Wildman–Crippen MR) is 62.4 cm³/mol. The van der Waals surface area contributed by atoms with Gasteiger partial charge in [-0.05, 0) is 18.1 Å². The van der Waals surface area contributed by atoms with E-state index in [9.17, 15) is 14.4 Å². The van der Waals surface area contributed by atoms with E-state index >= 15 is 0 Å². The number of Topliss-reactive ketones (excluding diaryl/α,β-unsaturated/α-hetero) is 1. The highest BCUT2D eigenvalue weighted by Gasteiger charge is 2.20. The fourth-order valence-corrected chi connectivity index (χ4v) is 1.75. The Morgan fingerprint density at radius 3 is 2.59 bits per heavy atom. The van der Waals surface area contributed by atoms with E-state index in [0.29, 0.717) is 17.4 Å². The summed E-state index contributed by atoms with van der Waals surface area (Å²) in [5.41, 5.74) is 0.924. The molecule has 17 heavy (non-hydrogen) atoms. The number of carboxylic acids is 1. The van der Waals surface area contributed by atoms with Crippen molar-refractivity contribution in [1.29, 1.82) is 0 Å². The zero-order valence-corrected chi connectivity index (χ0v) is 9.90. The number of carbonyl (C=O) groups is 3. The summed E-state index contributed by atoms with van der Waals surface area (Å²) in [6.45, 7) is 1.32. The number of aldehydes is 1. The van der Waals surface area contributed by atoms with Crippen LogP contribution in [0, 0.1) is 0 Å². The van der Waals surface area contributed by atoms with Gasteiger partial charge in [-0.2, -0.15) is 0 Å². The third-order valence-corrected chi connectivity index (χ3v) is 2.88. The number of halogens is 1. The molecule has 0 aromatic heterocycles. The third kappa shape index (κ3) is 3.14. The Labute approximate surface area is 103 Å². The van der Waals surface area contributed by atoms with Gasteiger partial charge in [0.15, 0.2) is 5.78 Å². The number of rotatable bonds is 5. The molecule has 1 rings (SSSR count). The largest absolute Gasteiger partial charge is 0.481 e. The van der Waals surface area contributed by atoms with Crippen LogP contribution in [0.15, 0.2) is 18.2 Å². The number of carboxylic acid groups (broad SMARTS) is 1. The molecule has 0 aliphatic carbocycles. The number of hydrogen-bond acceptors (Lipinski definition) is 3.